The average molecular weight is 399 g/mol. The molecule has 1 N–H and O–H groups in total. The Balaban J connectivity index is 2.00. The number of nitriles is 1. The third-order valence-electron chi connectivity index (χ3n) is 3.91. The summed E-state index contributed by atoms with van der Waals surface area (Å²) in [6.07, 6.45) is 2.08. The van der Waals surface area contributed by atoms with Crippen LogP contribution in [0.4, 0.5) is 13.6 Å². The van der Waals surface area contributed by atoms with Crippen molar-refractivity contribution < 1.29 is 18.3 Å². The molecule has 29 heavy (non-hydrogen) atoms. The number of benzene rings is 1. The van der Waals surface area contributed by atoms with Crippen molar-refractivity contribution in [3.63, 3.8) is 0 Å². The lowest BCUT2D eigenvalue weighted by Crippen LogP contribution is -2.33. The van der Waals surface area contributed by atoms with E-state index in [2.05, 4.69) is 15.3 Å². The number of hydrogen-bond donors (Lipinski definition) is 1. The quantitative estimate of drug-likeness (QED) is 0.723. The standard InChI is InChI=1S/C20H19F2N5O2/c1-20(2,3)29-19(28)25-7-6-17-26-16-5-4-15(22)14(9-23)18(16)27(17)13-8-12(21)10-24-11-13/h4-5,8,10-11H,6-7H2,1-3H3,(H,25,28). The van der Waals surface area contributed by atoms with Crippen molar-refractivity contribution in [3.05, 3.63) is 53.6 Å². The summed E-state index contributed by atoms with van der Waals surface area (Å²) in [5.41, 5.74) is 0.0445. The number of hydrogen-bond acceptors (Lipinski definition) is 5. The van der Waals surface area contributed by atoms with Crippen LogP contribution >= 0.6 is 0 Å². The highest BCUT2D eigenvalue weighted by Crippen LogP contribution is 2.26. The maximum absolute atomic E-state index is 14.2. The number of carbonyl (C=O) groups excluding carboxylic acids is 1. The Hall–Kier alpha value is -3.54. The fourth-order valence-electron chi connectivity index (χ4n) is 2.86. The third kappa shape index (κ3) is 4.48. The van der Waals surface area contributed by atoms with Crippen molar-refractivity contribution in [2.24, 2.45) is 0 Å². The van der Waals surface area contributed by atoms with Crippen LogP contribution in [0.2, 0.25) is 0 Å². The van der Waals surface area contributed by atoms with Crippen LogP contribution in [-0.4, -0.2) is 32.8 Å². The number of pyridine rings is 1. The number of rotatable bonds is 4. The first kappa shape index (κ1) is 20.2. The average Bonchev–Trinajstić information content (AvgIpc) is 2.98. The van der Waals surface area contributed by atoms with E-state index in [1.54, 1.807) is 20.8 Å². The monoisotopic (exact) mass is 399 g/mol. The number of carbonyl (C=O) groups is 1. The lowest BCUT2D eigenvalue weighted by molar-refractivity contribution is 0.0528. The second-order valence-electron chi connectivity index (χ2n) is 7.31. The third-order valence-corrected chi connectivity index (χ3v) is 3.91. The van der Waals surface area contributed by atoms with Gasteiger partial charge in [0, 0.05) is 19.0 Å². The molecule has 0 aliphatic heterocycles. The first-order valence-corrected chi connectivity index (χ1v) is 8.87. The first-order chi connectivity index (χ1) is 13.7. The maximum Gasteiger partial charge on any atom is 0.407 e. The second kappa shape index (κ2) is 7.83. The fourth-order valence-corrected chi connectivity index (χ4v) is 2.86. The van der Waals surface area contributed by atoms with E-state index in [-0.39, 0.29) is 24.0 Å². The van der Waals surface area contributed by atoms with Crippen LogP contribution in [0.25, 0.3) is 16.7 Å². The number of nitrogens with zero attached hydrogens (tertiary/aromatic N) is 4. The minimum atomic E-state index is -0.705. The van der Waals surface area contributed by atoms with E-state index in [4.69, 9.17) is 4.74 Å². The minimum absolute atomic E-state index is 0.172. The van der Waals surface area contributed by atoms with Crippen LogP contribution in [0.1, 0.15) is 32.2 Å². The topological polar surface area (TPSA) is 92.8 Å². The summed E-state index contributed by atoms with van der Waals surface area (Å²) < 4.78 is 34.6. The van der Waals surface area contributed by atoms with Gasteiger partial charge in [0.25, 0.3) is 0 Å². The maximum atomic E-state index is 14.2. The van der Waals surface area contributed by atoms with Crippen molar-refractivity contribution in [1.82, 2.24) is 19.9 Å². The van der Waals surface area contributed by atoms with Gasteiger partial charge in [-0.1, -0.05) is 0 Å². The summed E-state index contributed by atoms with van der Waals surface area (Å²) in [6.45, 7) is 5.42. The van der Waals surface area contributed by atoms with Crippen molar-refractivity contribution in [2.75, 3.05) is 6.54 Å². The van der Waals surface area contributed by atoms with Crippen LogP contribution in [0, 0.1) is 23.0 Å². The van der Waals surface area contributed by atoms with E-state index in [0.29, 0.717) is 17.0 Å². The van der Waals surface area contributed by atoms with Gasteiger partial charge in [0.05, 0.1) is 29.1 Å². The molecule has 2 heterocycles. The molecule has 3 rings (SSSR count). The number of halogens is 2. The summed E-state index contributed by atoms with van der Waals surface area (Å²) in [7, 11) is 0. The zero-order chi connectivity index (χ0) is 21.2. The zero-order valence-electron chi connectivity index (χ0n) is 16.2. The molecular weight excluding hydrogens is 380 g/mol. The number of fused-ring (bicyclic) bond motifs is 1. The van der Waals surface area contributed by atoms with Crippen LogP contribution in [0.15, 0.2) is 30.6 Å². The van der Waals surface area contributed by atoms with Gasteiger partial charge < -0.3 is 10.1 Å². The van der Waals surface area contributed by atoms with Crippen LogP contribution in [0.3, 0.4) is 0 Å². The number of nitrogens with one attached hydrogen (secondary N) is 1. The minimum Gasteiger partial charge on any atom is -0.444 e. The van der Waals surface area contributed by atoms with Gasteiger partial charge in [0.15, 0.2) is 0 Å². The Bertz CT molecular complexity index is 1110. The number of aromatic nitrogens is 3. The van der Waals surface area contributed by atoms with E-state index in [0.717, 1.165) is 12.3 Å². The molecular formula is C20H19F2N5O2. The molecule has 1 aromatic carbocycles. The summed E-state index contributed by atoms with van der Waals surface area (Å²) >= 11 is 0. The molecule has 0 unspecified atom stereocenters. The van der Waals surface area contributed by atoms with Gasteiger partial charge in [-0.05, 0) is 32.9 Å². The zero-order valence-corrected chi connectivity index (χ0v) is 16.2. The molecule has 0 fully saturated rings. The van der Waals surface area contributed by atoms with Gasteiger partial charge in [-0.3, -0.25) is 9.55 Å². The molecule has 0 saturated heterocycles. The van der Waals surface area contributed by atoms with Crippen molar-refractivity contribution in [1.29, 1.82) is 5.26 Å². The van der Waals surface area contributed by atoms with E-state index >= 15 is 0 Å². The van der Waals surface area contributed by atoms with Crippen LogP contribution < -0.4 is 5.32 Å². The van der Waals surface area contributed by atoms with Crippen LogP contribution in [0.5, 0.6) is 0 Å². The highest BCUT2D eigenvalue weighted by atomic mass is 19.1. The van der Waals surface area contributed by atoms with Gasteiger partial charge in [-0.2, -0.15) is 5.26 Å². The molecule has 0 saturated carbocycles. The number of imidazole rings is 1. The molecule has 1 amide bonds. The largest absolute Gasteiger partial charge is 0.444 e. The van der Waals surface area contributed by atoms with Crippen LogP contribution in [-0.2, 0) is 11.2 Å². The van der Waals surface area contributed by atoms with Crippen molar-refractivity contribution >= 4 is 17.1 Å². The van der Waals surface area contributed by atoms with Gasteiger partial charge in [0.1, 0.15) is 34.7 Å². The molecule has 2 aromatic heterocycles. The Labute approximate surface area is 165 Å². The number of ether oxygens (including phenoxy) is 1. The highest BCUT2D eigenvalue weighted by Gasteiger charge is 2.20. The lowest BCUT2D eigenvalue weighted by atomic mass is 10.2. The predicted octanol–water partition coefficient (Wildman–Crippen LogP) is 3.64. The molecule has 0 radical (unpaired) electrons. The summed E-state index contributed by atoms with van der Waals surface area (Å²) in [6, 6.07) is 5.65. The smallest absolute Gasteiger partial charge is 0.407 e. The summed E-state index contributed by atoms with van der Waals surface area (Å²) in [5.74, 6) is -0.883. The Morgan fingerprint density at radius 1 is 1.31 bits per heavy atom. The van der Waals surface area contributed by atoms with E-state index < -0.39 is 23.3 Å². The second-order valence-corrected chi connectivity index (χ2v) is 7.31. The van der Waals surface area contributed by atoms with E-state index in [9.17, 15) is 18.8 Å². The first-order valence-electron chi connectivity index (χ1n) is 8.87. The number of alkyl carbamates (subject to hydrolysis) is 1. The predicted molar refractivity (Wildman–Crippen MR) is 101 cm³/mol. The molecule has 7 nitrogen and oxygen atoms in total. The van der Waals surface area contributed by atoms with Crippen molar-refractivity contribution in [2.45, 2.75) is 32.8 Å². The van der Waals surface area contributed by atoms with Gasteiger partial charge in [-0.15, -0.1) is 0 Å². The number of amides is 1. The molecule has 0 spiro atoms. The Kier molecular flexibility index (Phi) is 5.46. The summed E-state index contributed by atoms with van der Waals surface area (Å²) in [5, 5.41) is 12.0. The molecule has 0 bridgehead atoms. The van der Waals surface area contributed by atoms with Crippen molar-refractivity contribution in [3.8, 4) is 11.8 Å². The van der Waals surface area contributed by atoms with E-state index in [1.165, 1.54) is 22.9 Å². The normalized spacial score (nSPS) is 11.3. The van der Waals surface area contributed by atoms with Gasteiger partial charge in [-0.25, -0.2) is 18.6 Å². The van der Waals surface area contributed by atoms with E-state index in [1.807, 2.05) is 6.07 Å². The Morgan fingerprint density at radius 3 is 2.72 bits per heavy atom. The Morgan fingerprint density at radius 2 is 2.07 bits per heavy atom. The SMILES string of the molecule is CC(C)(C)OC(=O)NCCc1nc2ccc(F)c(C#N)c2n1-c1cncc(F)c1. The molecule has 3 aromatic rings. The molecule has 0 aliphatic carbocycles. The molecule has 0 atom stereocenters. The lowest BCUT2D eigenvalue weighted by Gasteiger charge is -2.19. The molecule has 150 valence electrons. The molecule has 9 heteroatoms. The van der Waals surface area contributed by atoms with Gasteiger partial charge >= 0.3 is 6.09 Å². The highest BCUT2D eigenvalue weighted by molar-refractivity contribution is 5.84. The molecule has 0 aliphatic rings. The van der Waals surface area contributed by atoms with Gasteiger partial charge in [0.2, 0.25) is 0 Å². The summed E-state index contributed by atoms with van der Waals surface area (Å²) in [4.78, 5) is 20.1. The fraction of sp³-hybridized carbons (Fsp3) is 0.300.